The van der Waals surface area contributed by atoms with Gasteiger partial charge in [-0.1, -0.05) is 0 Å². The van der Waals surface area contributed by atoms with Crippen molar-refractivity contribution in [3.63, 3.8) is 0 Å². The van der Waals surface area contributed by atoms with Crippen LogP contribution in [-0.4, -0.2) is 19.9 Å². The Morgan fingerprint density at radius 1 is 1.30 bits per heavy atom. The standard InChI is InChI=1S/C13H13N5OS/c1-8-4-16-9(6-15-8)5-14-7-11-17-10-2-3-20-12(10)13(19)18-11/h2-4,6,14H,5,7H2,1H3,(H,17,18,19). The van der Waals surface area contributed by atoms with Crippen molar-refractivity contribution >= 4 is 21.6 Å². The van der Waals surface area contributed by atoms with Crippen molar-refractivity contribution in [3.05, 3.63) is 51.4 Å². The van der Waals surface area contributed by atoms with E-state index < -0.39 is 0 Å². The Morgan fingerprint density at radius 2 is 2.20 bits per heavy atom. The molecule has 0 aliphatic rings. The molecule has 0 fully saturated rings. The minimum absolute atomic E-state index is 0.0862. The molecule has 3 heterocycles. The van der Waals surface area contributed by atoms with E-state index in [1.54, 1.807) is 12.4 Å². The Bertz CT molecular complexity index is 777. The molecule has 0 spiro atoms. The van der Waals surface area contributed by atoms with Crippen LogP contribution in [-0.2, 0) is 13.1 Å². The fourth-order valence-electron chi connectivity index (χ4n) is 1.82. The van der Waals surface area contributed by atoms with E-state index in [0.717, 1.165) is 16.9 Å². The van der Waals surface area contributed by atoms with Gasteiger partial charge in [0.25, 0.3) is 5.56 Å². The van der Waals surface area contributed by atoms with Gasteiger partial charge in [0.05, 0.1) is 23.4 Å². The zero-order valence-electron chi connectivity index (χ0n) is 10.9. The predicted molar refractivity (Wildman–Crippen MR) is 77.6 cm³/mol. The van der Waals surface area contributed by atoms with Crippen LogP contribution in [0.4, 0.5) is 0 Å². The van der Waals surface area contributed by atoms with Gasteiger partial charge in [-0.3, -0.25) is 14.8 Å². The highest BCUT2D eigenvalue weighted by Gasteiger charge is 2.04. The molecule has 0 amide bonds. The van der Waals surface area contributed by atoms with Gasteiger partial charge in [0.2, 0.25) is 0 Å². The van der Waals surface area contributed by atoms with Crippen LogP contribution in [0.3, 0.4) is 0 Å². The van der Waals surface area contributed by atoms with Gasteiger partial charge in [0, 0.05) is 18.9 Å². The summed E-state index contributed by atoms with van der Waals surface area (Å²) < 4.78 is 0.665. The third kappa shape index (κ3) is 2.73. The van der Waals surface area contributed by atoms with E-state index in [1.807, 2.05) is 18.4 Å². The zero-order valence-corrected chi connectivity index (χ0v) is 11.7. The minimum Gasteiger partial charge on any atom is -0.308 e. The molecule has 3 aromatic rings. The molecule has 102 valence electrons. The zero-order chi connectivity index (χ0) is 13.9. The van der Waals surface area contributed by atoms with E-state index in [0.29, 0.717) is 23.6 Å². The summed E-state index contributed by atoms with van der Waals surface area (Å²) in [5.41, 5.74) is 2.40. The summed E-state index contributed by atoms with van der Waals surface area (Å²) >= 11 is 1.40. The molecule has 0 saturated carbocycles. The Hall–Kier alpha value is -2.12. The van der Waals surface area contributed by atoms with Crippen molar-refractivity contribution in [2.45, 2.75) is 20.0 Å². The molecule has 0 aliphatic heterocycles. The minimum atomic E-state index is -0.0862. The first-order valence-corrected chi connectivity index (χ1v) is 7.05. The molecule has 0 aliphatic carbocycles. The molecular weight excluding hydrogens is 274 g/mol. The molecule has 0 radical (unpaired) electrons. The van der Waals surface area contributed by atoms with Gasteiger partial charge in [-0.15, -0.1) is 11.3 Å². The van der Waals surface area contributed by atoms with Gasteiger partial charge < -0.3 is 10.3 Å². The summed E-state index contributed by atoms with van der Waals surface area (Å²) in [6.07, 6.45) is 3.47. The maximum atomic E-state index is 11.8. The molecule has 3 aromatic heterocycles. The van der Waals surface area contributed by atoms with Crippen LogP contribution in [0, 0.1) is 6.92 Å². The third-order valence-electron chi connectivity index (χ3n) is 2.80. The second-order valence-electron chi connectivity index (χ2n) is 4.40. The van der Waals surface area contributed by atoms with Crippen molar-refractivity contribution in [1.82, 2.24) is 25.3 Å². The van der Waals surface area contributed by atoms with Gasteiger partial charge in [-0.25, -0.2) is 4.98 Å². The van der Waals surface area contributed by atoms with E-state index in [2.05, 4.69) is 25.3 Å². The maximum absolute atomic E-state index is 11.8. The quantitative estimate of drug-likeness (QED) is 0.757. The Kier molecular flexibility index (Phi) is 3.53. The Morgan fingerprint density at radius 3 is 3.00 bits per heavy atom. The lowest BCUT2D eigenvalue weighted by Crippen LogP contribution is -2.19. The van der Waals surface area contributed by atoms with E-state index in [-0.39, 0.29) is 5.56 Å². The molecule has 0 saturated heterocycles. The first-order chi connectivity index (χ1) is 9.72. The second-order valence-corrected chi connectivity index (χ2v) is 5.32. The predicted octanol–water partition coefficient (Wildman–Crippen LogP) is 1.37. The summed E-state index contributed by atoms with van der Waals surface area (Å²) in [4.78, 5) is 27.4. The monoisotopic (exact) mass is 287 g/mol. The third-order valence-corrected chi connectivity index (χ3v) is 3.70. The SMILES string of the molecule is Cc1cnc(CNCc2nc3ccsc3c(=O)[nH]2)cn1. The highest BCUT2D eigenvalue weighted by atomic mass is 32.1. The number of aromatic amines is 1. The number of hydrogen-bond donors (Lipinski definition) is 2. The molecule has 0 bridgehead atoms. The average molecular weight is 287 g/mol. The lowest BCUT2D eigenvalue weighted by molar-refractivity contribution is 0.650. The molecular formula is C13H13N5OS. The van der Waals surface area contributed by atoms with Crippen LogP contribution < -0.4 is 10.9 Å². The Labute approximate surface area is 118 Å². The fourth-order valence-corrected chi connectivity index (χ4v) is 2.55. The van der Waals surface area contributed by atoms with Crippen LogP contribution in [0.5, 0.6) is 0 Å². The molecule has 3 rings (SSSR count). The van der Waals surface area contributed by atoms with Crippen LogP contribution >= 0.6 is 11.3 Å². The normalized spacial score (nSPS) is 11.1. The molecule has 20 heavy (non-hydrogen) atoms. The van der Waals surface area contributed by atoms with Gasteiger partial charge in [0.15, 0.2) is 0 Å². The molecule has 0 unspecified atom stereocenters. The highest BCUT2D eigenvalue weighted by molar-refractivity contribution is 7.17. The largest absolute Gasteiger partial charge is 0.308 e. The number of H-pyrrole nitrogens is 1. The van der Waals surface area contributed by atoms with Gasteiger partial charge in [-0.05, 0) is 18.4 Å². The lowest BCUT2D eigenvalue weighted by Gasteiger charge is -2.04. The van der Waals surface area contributed by atoms with Gasteiger partial charge in [-0.2, -0.15) is 0 Å². The fraction of sp³-hybridized carbons (Fsp3) is 0.231. The van der Waals surface area contributed by atoms with Crippen molar-refractivity contribution < 1.29 is 0 Å². The van der Waals surface area contributed by atoms with E-state index in [4.69, 9.17) is 0 Å². The van der Waals surface area contributed by atoms with Crippen molar-refractivity contribution in [2.75, 3.05) is 0 Å². The van der Waals surface area contributed by atoms with E-state index in [9.17, 15) is 4.79 Å². The van der Waals surface area contributed by atoms with Gasteiger partial charge in [0.1, 0.15) is 10.5 Å². The van der Waals surface area contributed by atoms with Crippen molar-refractivity contribution in [1.29, 1.82) is 0 Å². The van der Waals surface area contributed by atoms with Crippen LogP contribution in [0.25, 0.3) is 10.2 Å². The highest BCUT2D eigenvalue weighted by Crippen LogP contribution is 2.13. The number of hydrogen-bond acceptors (Lipinski definition) is 6. The number of aromatic nitrogens is 4. The molecule has 2 N–H and O–H groups in total. The summed E-state index contributed by atoms with van der Waals surface area (Å²) in [7, 11) is 0. The first kappa shape index (κ1) is 12.9. The Balaban J connectivity index is 1.67. The number of rotatable bonds is 4. The molecule has 0 aromatic carbocycles. The number of thiophene rings is 1. The summed E-state index contributed by atoms with van der Waals surface area (Å²) in [6, 6.07) is 1.85. The van der Waals surface area contributed by atoms with Crippen molar-refractivity contribution in [2.24, 2.45) is 0 Å². The first-order valence-electron chi connectivity index (χ1n) is 6.17. The van der Waals surface area contributed by atoms with Gasteiger partial charge >= 0.3 is 0 Å². The molecule has 6 nitrogen and oxygen atoms in total. The van der Waals surface area contributed by atoms with Crippen LogP contribution in [0.1, 0.15) is 17.2 Å². The number of nitrogens with zero attached hydrogens (tertiary/aromatic N) is 3. The smallest absolute Gasteiger partial charge is 0.268 e. The average Bonchev–Trinajstić information content (AvgIpc) is 2.90. The van der Waals surface area contributed by atoms with E-state index in [1.165, 1.54) is 11.3 Å². The number of aryl methyl sites for hydroxylation is 1. The molecule has 0 atom stereocenters. The summed E-state index contributed by atoms with van der Waals surface area (Å²) in [5.74, 6) is 0.626. The van der Waals surface area contributed by atoms with Crippen molar-refractivity contribution in [3.8, 4) is 0 Å². The van der Waals surface area contributed by atoms with E-state index >= 15 is 0 Å². The number of nitrogens with one attached hydrogen (secondary N) is 2. The maximum Gasteiger partial charge on any atom is 0.268 e. The second kappa shape index (κ2) is 5.48. The van der Waals surface area contributed by atoms with Crippen LogP contribution in [0.15, 0.2) is 28.6 Å². The summed E-state index contributed by atoms with van der Waals surface area (Å²) in [6.45, 7) is 2.96. The van der Waals surface area contributed by atoms with Crippen LogP contribution in [0.2, 0.25) is 0 Å². The topological polar surface area (TPSA) is 83.6 Å². The molecule has 7 heteroatoms. The lowest BCUT2D eigenvalue weighted by atomic mass is 10.4. The number of fused-ring (bicyclic) bond motifs is 1. The summed E-state index contributed by atoms with van der Waals surface area (Å²) in [5, 5.41) is 5.06.